The van der Waals surface area contributed by atoms with E-state index in [9.17, 15) is 9.59 Å². The van der Waals surface area contributed by atoms with Gasteiger partial charge in [0, 0.05) is 31.2 Å². The van der Waals surface area contributed by atoms with Gasteiger partial charge in [0.2, 0.25) is 5.91 Å². The SMILES string of the molecule is CCN(C(=O)COc1ccc(N2CCCC2=O)cc1)C1CCCCC1. The number of hydrogen-bond acceptors (Lipinski definition) is 3. The second-order valence-corrected chi connectivity index (χ2v) is 6.90. The zero-order chi connectivity index (χ0) is 17.6. The topological polar surface area (TPSA) is 49.9 Å². The number of amides is 2. The molecule has 5 nitrogen and oxygen atoms in total. The van der Waals surface area contributed by atoms with Gasteiger partial charge >= 0.3 is 0 Å². The summed E-state index contributed by atoms with van der Waals surface area (Å²) in [6.45, 7) is 3.63. The highest BCUT2D eigenvalue weighted by Gasteiger charge is 2.24. The van der Waals surface area contributed by atoms with Crippen molar-refractivity contribution in [2.24, 2.45) is 0 Å². The van der Waals surface area contributed by atoms with E-state index in [1.807, 2.05) is 36.1 Å². The lowest BCUT2D eigenvalue weighted by atomic mass is 9.94. The Balaban J connectivity index is 1.53. The Hall–Kier alpha value is -2.04. The van der Waals surface area contributed by atoms with Crippen LogP contribution in [0.5, 0.6) is 5.75 Å². The standard InChI is InChI=1S/C20H28N2O3/c1-2-21(16-7-4-3-5-8-16)20(24)15-25-18-12-10-17(11-13-18)22-14-6-9-19(22)23/h10-13,16H,2-9,14-15H2,1H3. The summed E-state index contributed by atoms with van der Waals surface area (Å²) in [5.41, 5.74) is 0.901. The minimum absolute atomic E-state index is 0.0631. The van der Waals surface area contributed by atoms with Gasteiger partial charge in [-0.05, 0) is 50.5 Å². The number of carbonyl (C=O) groups is 2. The van der Waals surface area contributed by atoms with Gasteiger partial charge in [-0.1, -0.05) is 19.3 Å². The summed E-state index contributed by atoms with van der Waals surface area (Å²) in [7, 11) is 0. The molecule has 1 aromatic rings. The van der Waals surface area contributed by atoms with E-state index in [2.05, 4.69) is 0 Å². The third-order valence-electron chi connectivity index (χ3n) is 5.26. The number of likely N-dealkylation sites (N-methyl/N-ethyl adjacent to an activating group) is 1. The van der Waals surface area contributed by atoms with Crippen LogP contribution in [-0.2, 0) is 9.59 Å². The average molecular weight is 344 g/mol. The molecule has 2 amide bonds. The van der Waals surface area contributed by atoms with Crippen LogP contribution < -0.4 is 9.64 Å². The lowest BCUT2D eigenvalue weighted by Crippen LogP contribution is -2.43. The van der Waals surface area contributed by atoms with Crippen molar-refractivity contribution >= 4 is 17.5 Å². The maximum atomic E-state index is 12.5. The fourth-order valence-corrected chi connectivity index (χ4v) is 3.90. The van der Waals surface area contributed by atoms with Crippen molar-refractivity contribution in [1.82, 2.24) is 4.90 Å². The van der Waals surface area contributed by atoms with E-state index < -0.39 is 0 Å². The van der Waals surface area contributed by atoms with Gasteiger partial charge in [-0.2, -0.15) is 0 Å². The molecule has 0 bridgehead atoms. The van der Waals surface area contributed by atoms with Crippen LogP contribution in [0.3, 0.4) is 0 Å². The van der Waals surface area contributed by atoms with Crippen molar-refractivity contribution in [3.63, 3.8) is 0 Å². The molecular weight excluding hydrogens is 316 g/mol. The first-order valence-corrected chi connectivity index (χ1v) is 9.51. The van der Waals surface area contributed by atoms with Crippen LogP contribution in [0.4, 0.5) is 5.69 Å². The van der Waals surface area contributed by atoms with Crippen molar-refractivity contribution in [2.45, 2.75) is 57.9 Å². The third-order valence-corrected chi connectivity index (χ3v) is 5.26. The largest absolute Gasteiger partial charge is 0.484 e. The molecule has 1 heterocycles. The fourth-order valence-electron chi connectivity index (χ4n) is 3.90. The lowest BCUT2D eigenvalue weighted by molar-refractivity contribution is -0.136. The fraction of sp³-hybridized carbons (Fsp3) is 0.600. The highest BCUT2D eigenvalue weighted by Crippen LogP contribution is 2.25. The van der Waals surface area contributed by atoms with Crippen LogP contribution in [0.15, 0.2) is 24.3 Å². The Morgan fingerprint density at radius 2 is 1.88 bits per heavy atom. The third kappa shape index (κ3) is 4.33. The van der Waals surface area contributed by atoms with Gasteiger partial charge in [-0.3, -0.25) is 9.59 Å². The first-order valence-electron chi connectivity index (χ1n) is 9.51. The maximum absolute atomic E-state index is 12.5. The van der Waals surface area contributed by atoms with Crippen LogP contribution in [0.1, 0.15) is 51.9 Å². The summed E-state index contributed by atoms with van der Waals surface area (Å²) >= 11 is 0. The number of nitrogens with zero attached hydrogens (tertiary/aromatic N) is 2. The van der Waals surface area contributed by atoms with Gasteiger partial charge in [0.1, 0.15) is 5.75 Å². The Morgan fingerprint density at radius 1 is 1.16 bits per heavy atom. The van der Waals surface area contributed by atoms with Gasteiger partial charge in [0.15, 0.2) is 6.61 Å². The molecule has 25 heavy (non-hydrogen) atoms. The van der Waals surface area contributed by atoms with Gasteiger partial charge in [0.05, 0.1) is 0 Å². The molecule has 1 saturated heterocycles. The molecule has 1 aliphatic carbocycles. The van der Waals surface area contributed by atoms with E-state index in [4.69, 9.17) is 4.74 Å². The molecule has 1 aliphatic heterocycles. The van der Waals surface area contributed by atoms with Crippen molar-refractivity contribution in [3.05, 3.63) is 24.3 Å². The van der Waals surface area contributed by atoms with E-state index in [0.29, 0.717) is 18.2 Å². The summed E-state index contributed by atoms with van der Waals surface area (Å²) in [4.78, 5) is 28.1. The summed E-state index contributed by atoms with van der Waals surface area (Å²) in [5.74, 6) is 0.909. The Morgan fingerprint density at radius 3 is 2.48 bits per heavy atom. The molecule has 0 aromatic heterocycles. The molecule has 0 atom stereocenters. The second-order valence-electron chi connectivity index (χ2n) is 6.90. The maximum Gasteiger partial charge on any atom is 0.260 e. The number of rotatable bonds is 6. The van der Waals surface area contributed by atoms with Crippen molar-refractivity contribution in [1.29, 1.82) is 0 Å². The van der Waals surface area contributed by atoms with Gasteiger partial charge in [0.25, 0.3) is 5.91 Å². The molecule has 3 rings (SSSR count). The van der Waals surface area contributed by atoms with Crippen molar-refractivity contribution < 1.29 is 14.3 Å². The molecule has 0 spiro atoms. The first kappa shape index (κ1) is 17.8. The molecule has 136 valence electrons. The van der Waals surface area contributed by atoms with E-state index in [0.717, 1.165) is 38.0 Å². The van der Waals surface area contributed by atoms with Crippen LogP contribution in [0.25, 0.3) is 0 Å². The number of benzene rings is 1. The van der Waals surface area contributed by atoms with Crippen LogP contribution in [0.2, 0.25) is 0 Å². The summed E-state index contributed by atoms with van der Waals surface area (Å²) in [6, 6.07) is 7.83. The van der Waals surface area contributed by atoms with E-state index in [1.165, 1.54) is 19.3 Å². The Labute approximate surface area is 149 Å². The molecule has 1 aromatic carbocycles. The number of carbonyl (C=O) groups excluding carboxylic acids is 2. The molecule has 5 heteroatoms. The van der Waals surface area contributed by atoms with Crippen LogP contribution in [0, 0.1) is 0 Å². The summed E-state index contributed by atoms with van der Waals surface area (Å²) < 4.78 is 5.69. The minimum atomic E-state index is 0.0631. The molecule has 2 fully saturated rings. The summed E-state index contributed by atoms with van der Waals surface area (Å²) in [6.07, 6.45) is 7.47. The van der Waals surface area contributed by atoms with E-state index in [1.54, 1.807) is 4.90 Å². The molecular formula is C20H28N2O3. The average Bonchev–Trinajstić information content (AvgIpc) is 3.08. The lowest BCUT2D eigenvalue weighted by Gasteiger charge is -2.33. The number of anilines is 1. The molecule has 0 N–H and O–H groups in total. The van der Waals surface area contributed by atoms with Gasteiger partial charge in [-0.25, -0.2) is 0 Å². The van der Waals surface area contributed by atoms with Gasteiger partial charge < -0.3 is 14.5 Å². The minimum Gasteiger partial charge on any atom is -0.484 e. The van der Waals surface area contributed by atoms with Crippen LogP contribution in [-0.4, -0.2) is 42.5 Å². The first-order chi connectivity index (χ1) is 12.2. The Bertz CT molecular complexity index is 593. The van der Waals surface area contributed by atoms with E-state index >= 15 is 0 Å². The monoisotopic (exact) mass is 344 g/mol. The molecule has 0 radical (unpaired) electrons. The molecule has 1 saturated carbocycles. The quantitative estimate of drug-likeness (QED) is 0.795. The highest BCUT2D eigenvalue weighted by atomic mass is 16.5. The number of ether oxygens (including phenoxy) is 1. The van der Waals surface area contributed by atoms with Crippen molar-refractivity contribution in [2.75, 3.05) is 24.6 Å². The van der Waals surface area contributed by atoms with Gasteiger partial charge in [-0.15, -0.1) is 0 Å². The molecule has 2 aliphatic rings. The molecule has 0 unspecified atom stereocenters. The highest BCUT2D eigenvalue weighted by molar-refractivity contribution is 5.95. The zero-order valence-electron chi connectivity index (χ0n) is 15.1. The smallest absolute Gasteiger partial charge is 0.260 e. The number of hydrogen-bond donors (Lipinski definition) is 0. The predicted molar refractivity (Wildman–Crippen MR) is 97.8 cm³/mol. The van der Waals surface area contributed by atoms with Crippen molar-refractivity contribution in [3.8, 4) is 5.75 Å². The second kappa shape index (κ2) is 8.37. The zero-order valence-corrected chi connectivity index (χ0v) is 15.1. The van der Waals surface area contributed by atoms with Crippen LogP contribution >= 0.6 is 0 Å². The Kier molecular flexibility index (Phi) is 5.95. The van der Waals surface area contributed by atoms with E-state index in [-0.39, 0.29) is 18.4 Å². The predicted octanol–water partition coefficient (Wildman–Crippen LogP) is 3.37. The normalized spacial score (nSPS) is 18.4. The summed E-state index contributed by atoms with van der Waals surface area (Å²) in [5, 5.41) is 0.